The third kappa shape index (κ3) is 6.27. The highest BCUT2D eigenvalue weighted by molar-refractivity contribution is 5.43. The minimum absolute atomic E-state index is 0. The standard InChI is InChI=1S/C22H24N2O2.ClH/c1-17-5-3-6-19(11-17)16-26-21-9-8-18(12-22(21)25-2)13-24-15-20-7-4-10-23-14-20;/h3-12,14,24H,13,15-16H2,1-2H3;1H/p-1. The van der Waals surface area contributed by atoms with E-state index in [1.165, 1.54) is 5.56 Å². The van der Waals surface area contributed by atoms with Crippen molar-refractivity contribution in [2.45, 2.75) is 26.6 Å². The molecule has 142 valence electrons. The number of pyridine rings is 1. The second kappa shape index (κ2) is 10.6. The van der Waals surface area contributed by atoms with Gasteiger partial charge in [-0.2, -0.15) is 0 Å². The molecule has 3 aromatic rings. The molecule has 0 unspecified atom stereocenters. The van der Waals surface area contributed by atoms with E-state index in [9.17, 15) is 0 Å². The maximum Gasteiger partial charge on any atom is 0.161 e. The van der Waals surface area contributed by atoms with Crippen molar-refractivity contribution < 1.29 is 21.9 Å². The Morgan fingerprint density at radius 1 is 0.889 bits per heavy atom. The molecule has 0 aliphatic carbocycles. The molecule has 0 aliphatic heterocycles. The third-order valence-electron chi connectivity index (χ3n) is 4.09. The number of halogens is 1. The van der Waals surface area contributed by atoms with E-state index in [2.05, 4.69) is 47.6 Å². The number of hydrogen-bond donors (Lipinski definition) is 1. The molecule has 0 radical (unpaired) electrons. The molecule has 27 heavy (non-hydrogen) atoms. The van der Waals surface area contributed by atoms with Crippen LogP contribution in [-0.4, -0.2) is 12.1 Å². The van der Waals surface area contributed by atoms with Crippen LogP contribution in [0.4, 0.5) is 0 Å². The largest absolute Gasteiger partial charge is 1.00 e. The fourth-order valence-corrected chi connectivity index (χ4v) is 2.76. The van der Waals surface area contributed by atoms with Crippen LogP contribution < -0.4 is 27.2 Å². The summed E-state index contributed by atoms with van der Waals surface area (Å²) >= 11 is 0. The van der Waals surface area contributed by atoms with Gasteiger partial charge >= 0.3 is 0 Å². The van der Waals surface area contributed by atoms with Gasteiger partial charge in [0.1, 0.15) is 6.61 Å². The number of nitrogens with zero attached hydrogens (tertiary/aromatic N) is 1. The first-order valence-corrected chi connectivity index (χ1v) is 8.69. The zero-order chi connectivity index (χ0) is 18.2. The summed E-state index contributed by atoms with van der Waals surface area (Å²) in [6.45, 7) is 4.14. The first-order valence-electron chi connectivity index (χ1n) is 8.69. The molecule has 5 heteroatoms. The van der Waals surface area contributed by atoms with E-state index in [4.69, 9.17) is 9.47 Å². The Morgan fingerprint density at radius 3 is 2.44 bits per heavy atom. The monoisotopic (exact) mass is 383 g/mol. The maximum atomic E-state index is 5.94. The second-order valence-corrected chi connectivity index (χ2v) is 6.23. The van der Waals surface area contributed by atoms with Gasteiger partial charge in [-0.25, -0.2) is 0 Å². The lowest BCUT2D eigenvalue weighted by Gasteiger charge is -2.13. The van der Waals surface area contributed by atoms with Gasteiger partial charge in [0.05, 0.1) is 7.11 Å². The van der Waals surface area contributed by atoms with Crippen molar-refractivity contribution >= 4 is 0 Å². The summed E-state index contributed by atoms with van der Waals surface area (Å²) in [4.78, 5) is 4.12. The van der Waals surface area contributed by atoms with Crippen molar-refractivity contribution in [2.24, 2.45) is 0 Å². The van der Waals surface area contributed by atoms with E-state index in [-0.39, 0.29) is 12.4 Å². The summed E-state index contributed by atoms with van der Waals surface area (Å²) in [6.07, 6.45) is 3.65. The molecule has 3 rings (SSSR count). The maximum absolute atomic E-state index is 5.94. The predicted octanol–water partition coefficient (Wildman–Crippen LogP) is 1.27. The van der Waals surface area contributed by atoms with Crippen molar-refractivity contribution in [3.63, 3.8) is 0 Å². The summed E-state index contributed by atoms with van der Waals surface area (Å²) in [7, 11) is 1.67. The van der Waals surface area contributed by atoms with Gasteiger partial charge in [-0.3, -0.25) is 4.98 Å². The van der Waals surface area contributed by atoms with Gasteiger partial charge in [0.25, 0.3) is 0 Å². The molecule has 0 bridgehead atoms. The zero-order valence-corrected chi connectivity index (χ0v) is 16.4. The van der Waals surface area contributed by atoms with Gasteiger partial charge in [0.15, 0.2) is 11.5 Å². The normalized spacial score (nSPS) is 10.1. The fourth-order valence-electron chi connectivity index (χ4n) is 2.76. The molecule has 4 nitrogen and oxygen atoms in total. The van der Waals surface area contributed by atoms with Crippen LogP contribution in [0.2, 0.25) is 0 Å². The zero-order valence-electron chi connectivity index (χ0n) is 15.6. The van der Waals surface area contributed by atoms with Crippen LogP contribution in [-0.2, 0) is 19.7 Å². The SMILES string of the molecule is COc1cc(CNCc2cccnc2)ccc1OCc1cccc(C)c1.[Cl-]. The van der Waals surface area contributed by atoms with Crippen molar-refractivity contribution in [2.75, 3.05) is 7.11 Å². The average Bonchev–Trinajstić information content (AvgIpc) is 2.67. The Balaban J connectivity index is 0.00000261. The highest BCUT2D eigenvalue weighted by Crippen LogP contribution is 2.29. The smallest absolute Gasteiger partial charge is 0.161 e. The summed E-state index contributed by atoms with van der Waals surface area (Å²) in [5.74, 6) is 1.50. The number of methoxy groups -OCH3 is 1. The minimum Gasteiger partial charge on any atom is -1.00 e. The van der Waals surface area contributed by atoms with Crippen LogP contribution in [0.1, 0.15) is 22.3 Å². The van der Waals surface area contributed by atoms with E-state index in [0.29, 0.717) is 6.61 Å². The number of nitrogens with one attached hydrogen (secondary N) is 1. The van der Waals surface area contributed by atoms with Crippen molar-refractivity contribution in [1.82, 2.24) is 10.3 Å². The number of aromatic nitrogens is 1. The van der Waals surface area contributed by atoms with Gasteiger partial charge in [-0.1, -0.05) is 42.0 Å². The van der Waals surface area contributed by atoms with Crippen molar-refractivity contribution in [3.8, 4) is 11.5 Å². The lowest BCUT2D eigenvalue weighted by Crippen LogP contribution is -3.00. The first kappa shape index (κ1) is 20.7. The third-order valence-corrected chi connectivity index (χ3v) is 4.09. The van der Waals surface area contributed by atoms with Gasteiger partial charge in [0, 0.05) is 25.5 Å². The molecule has 1 heterocycles. The molecule has 0 amide bonds. The Kier molecular flexibility index (Phi) is 8.11. The Morgan fingerprint density at radius 2 is 1.70 bits per heavy atom. The summed E-state index contributed by atoms with van der Waals surface area (Å²) in [6, 6.07) is 18.4. The van der Waals surface area contributed by atoms with Gasteiger partial charge < -0.3 is 27.2 Å². The van der Waals surface area contributed by atoms with Gasteiger partial charge in [0.2, 0.25) is 0 Å². The molecule has 0 fully saturated rings. The van der Waals surface area contributed by atoms with Crippen LogP contribution in [0.5, 0.6) is 11.5 Å². The molecular weight excluding hydrogens is 360 g/mol. The minimum atomic E-state index is 0. The molecule has 0 saturated carbocycles. The average molecular weight is 384 g/mol. The first-order chi connectivity index (χ1) is 12.7. The molecular formula is C22H24ClN2O2-. The Labute approximate surface area is 167 Å². The molecule has 2 aromatic carbocycles. The molecule has 1 N–H and O–H groups in total. The predicted molar refractivity (Wildman–Crippen MR) is 103 cm³/mol. The summed E-state index contributed by atoms with van der Waals surface area (Å²) in [5.41, 5.74) is 4.69. The van der Waals surface area contributed by atoms with Gasteiger partial charge in [-0.15, -0.1) is 0 Å². The number of aryl methyl sites for hydroxylation is 1. The van der Waals surface area contributed by atoms with E-state index in [1.807, 2.05) is 30.5 Å². The van der Waals surface area contributed by atoms with Gasteiger partial charge in [-0.05, 0) is 41.8 Å². The Hall–Kier alpha value is -2.56. The van der Waals surface area contributed by atoms with E-state index < -0.39 is 0 Å². The van der Waals surface area contributed by atoms with E-state index >= 15 is 0 Å². The van der Waals surface area contributed by atoms with Crippen molar-refractivity contribution in [3.05, 3.63) is 89.2 Å². The lowest BCUT2D eigenvalue weighted by atomic mass is 10.1. The van der Waals surface area contributed by atoms with Crippen molar-refractivity contribution in [1.29, 1.82) is 0 Å². The molecule has 0 spiro atoms. The topological polar surface area (TPSA) is 43.4 Å². The summed E-state index contributed by atoms with van der Waals surface area (Å²) < 4.78 is 11.4. The molecule has 0 aliphatic rings. The highest BCUT2D eigenvalue weighted by Gasteiger charge is 2.06. The molecule has 0 saturated heterocycles. The second-order valence-electron chi connectivity index (χ2n) is 6.23. The molecule has 1 aromatic heterocycles. The number of hydrogen-bond acceptors (Lipinski definition) is 4. The van der Waals surface area contributed by atoms with E-state index in [1.54, 1.807) is 13.3 Å². The fraction of sp³-hybridized carbons (Fsp3) is 0.227. The molecule has 0 atom stereocenters. The van der Waals surface area contributed by atoms with Crippen LogP contribution in [0, 0.1) is 6.92 Å². The number of ether oxygens (including phenoxy) is 2. The highest BCUT2D eigenvalue weighted by atomic mass is 35.5. The van der Waals surface area contributed by atoms with Crippen LogP contribution in [0.25, 0.3) is 0 Å². The van der Waals surface area contributed by atoms with Crippen LogP contribution in [0.3, 0.4) is 0 Å². The Bertz CT molecular complexity index is 841. The number of rotatable bonds is 8. The van der Waals surface area contributed by atoms with Crippen LogP contribution in [0.15, 0.2) is 67.0 Å². The lowest BCUT2D eigenvalue weighted by molar-refractivity contribution is -0.00000598. The number of benzene rings is 2. The summed E-state index contributed by atoms with van der Waals surface area (Å²) in [5, 5.41) is 3.42. The van der Waals surface area contributed by atoms with E-state index in [0.717, 1.165) is 41.3 Å². The van der Waals surface area contributed by atoms with Crippen LogP contribution >= 0.6 is 0 Å². The quantitative estimate of drug-likeness (QED) is 0.636.